The molecule has 4 aliphatic carbocycles. The van der Waals surface area contributed by atoms with Crippen molar-refractivity contribution in [2.75, 3.05) is 7.11 Å². The smallest absolute Gasteiger partial charge is 0.305 e. The maximum atomic E-state index is 14.4. The van der Waals surface area contributed by atoms with E-state index in [-0.39, 0.29) is 53.7 Å². The van der Waals surface area contributed by atoms with Crippen molar-refractivity contribution >= 4 is 17.5 Å². The molecule has 182 valence electrons. The Labute approximate surface area is 191 Å². The van der Waals surface area contributed by atoms with Crippen molar-refractivity contribution in [3.8, 4) is 0 Å². The van der Waals surface area contributed by atoms with Crippen molar-refractivity contribution in [3.05, 3.63) is 0 Å². The lowest BCUT2D eigenvalue weighted by Gasteiger charge is -2.60. The average molecular weight is 455 g/mol. The highest BCUT2D eigenvalue weighted by atomic mass is 19.3. The Morgan fingerprint density at radius 1 is 1.03 bits per heavy atom. The number of esters is 1. The van der Waals surface area contributed by atoms with Gasteiger partial charge >= 0.3 is 11.9 Å². The third-order valence-corrected chi connectivity index (χ3v) is 9.67. The fourth-order valence-corrected chi connectivity index (χ4v) is 7.95. The highest BCUT2D eigenvalue weighted by molar-refractivity contribution is 5.89. The number of carbonyl (C=O) groups excluding carboxylic acids is 3. The van der Waals surface area contributed by atoms with Crippen LogP contribution in [-0.4, -0.2) is 30.6 Å². The molecule has 0 N–H and O–H groups in total. The third kappa shape index (κ3) is 4.04. The summed E-state index contributed by atoms with van der Waals surface area (Å²) < 4.78 is 33.6. The van der Waals surface area contributed by atoms with Gasteiger partial charge in [-0.05, 0) is 73.0 Å². The number of carbonyl (C=O) groups is 3. The zero-order valence-corrected chi connectivity index (χ0v) is 20.3. The molecule has 0 radical (unpaired) electrons. The number of ether oxygens (including phenoxy) is 1. The topological polar surface area (TPSA) is 60.4 Å². The van der Waals surface area contributed by atoms with Gasteiger partial charge in [0.1, 0.15) is 5.78 Å². The predicted octanol–water partition coefficient (Wildman–Crippen LogP) is 6.01. The zero-order valence-electron chi connectivity index (χ0n) is 20.3. The molecule has 0 saturated heterocycles. The van der Waals surface area contributed by atoms with E-state index >= 15 is 0 Å². The molecule has 32 heavy (non-hydrogen) atoms. The largest absolute Gasteiger partial charge is 0.469 e. The van der Waals surface area contributed by atoms with Gasteiger partial charge < -0.3 is 4.74 Å². The van der Waals surface area contributed by atoms with Crippen LogP contribution < -0.4 is 0 Å². The number of fused-ring (bicyclic) bond motifs is 5. The summed E-state index contributed by atoms with van der Waals surface area (Å²) in [7, 11) is 1.40. The summed E-state index contributed by atoms with van der Waals surface area (Å²) in [6.45, 7) is 8.21. The van der Waals surface area contributed by atoms with E-state index in [1.54, 1.807) is 0 Å². The highest BCUT2D eigenvalue weighted by Gasteiger charge is 2.66. The van der Waals surface area contributed by atoms with Gasteiger partial charge in [0.2, 0.25) is 5.78 Å². The summed E-state index contributed by atoms with van der Waals surface area (Å²) in [5.41, 5.74) is -0.608. The first kappa shape index (κ1) is 25.3. The van der Waals surface area contributed by atoms with Crippen LogP contribution in [0.25, 0.3) is 0 Å². The van der Waals surface area contributed by atoms with Crippen LogP contribution in [0.5, 0.6) is 0 Å². The van der Waals surface area contributed by atoms with E-state index in [0.717, 1.165) is 38.5 Å². The van der Waals surface area contributed by atoms with Gasteiger partial charge in [0.05, 0.1) is 7.11 Å². The van der Waals surface area contributed by atoms with Crippen LogP contribution in [0.15, 0.2) is 0 Å². The number of ketones is 2. The summed E-state index contributed by atoms with van der Waals surface area (Å²) in [5.74, 6) is -3.98. The number of rotatable bonds is 4. The van der Waals surface area contributed by atoms with E-state index in [4.69, 9.17) is 4.74 Å². The summed E-state index contributed by atoms with van der Waals surface area (Å²) in [6.07, 6.45) is 5.60. The third-order valence-electron chi connectivity index (χ3n) is 9.67. The van der Waals surface area contributed by atoms with Gasteiger partial charge in [-0.25, -0.2) is 0 Å². The first-order valence-electron chi connectivity index (χ1n) is 12.5. The van der Waals surface area contributed by atoms with Crippen LogP contribution in [0.2, 0.25) is 0 Å². The van der Waals surface area contributed by atoms with Crippen LogP contribution in [0.4, 0.5) is 8.78 Å². The Hall–Kier alpha value is -1.33. The van der Waals surface area contributed by atoms with Crippen molar-refractivity contribution in [1.29, 1.82) is 0 Å². The van der Waals surface area contributed by atoms with Gasteiger partial charge in [-0.15, -0.1) is 0 Å². The van der Waals surface area contributed by atoms with Crippen molar-refractivity contribution in [1.82, 2.24) is 0 Å². The van der Waals surface area contributed by atoms with E-state index in [2.05, 4.69) is 6.92 Å². The van der Waals surface area contributed by atoms with Gasteiger partial charge in [-0.2, -0.15) is 8.78 Å². The second-order valence-corrected chi connectivity index (χ2v) is 10.9. The number of halogens is 2. The van der Waals surface area contributed by atoms with Crippen molar-refractivity contribution in [3.63, 3.8) is 0 Å². The molecular formula is C26H40F2O4. The van der Waals surface area contributed by atoms with E-state index < -0.39 is 23.5 Å². The van der Waals surface area contributed by atoms with Gasteiger partial charge in [0, 0.05) is 31.6 Å². The molecule has 0 aliphatic heterocycles. The van der Waals surface area contributed by atoms with E-state index in [9.17, 15) is 23.2 Å². The Kier molecular flexibility index (Phi) is 7.22. The minimum absolute atomic E-state index is 0.0309. The number of hydrogen-bond donors (Lipinski definition) is 0. The molecule has 4 aliphatic rings. The fraction of sp³-hybridized carbons (Fsp3) is 0.885. The van der Waals surface area contributed by atoms with Gasteiger partial charge in [-0.3, -0.25) is 14.4 Å². The number of Topliss-reactive ketones (excluding diaryl/α,β-unsaturated/α-hetero) is 2. The standard InChI is InChI=1S/C24H34F2O4.C2H6/c1-22-10-9-17-21(16(22)8-7-14(22)5-4-6-20(29)30-3)18(27)11-15-12-19(28)24(25,26)13-23(15,17)2;1-2/h14-17,21H,4-13H2,1-3H3;1-2H3. The first-order chi connectivity index (χ1) is 15.0. The summed E-state index contributed by atoms with van der Waals surface area (Å²) in [5, 5.41) is 0. The van der Waals surface area contributed by atoms with Crippen LogP contribution in [0, 0.1) is 40.4 Å². The molecule has 0 spiro atoms. The Balaban J connectivity index is 0.00000141. The zero-order chi connectivity index (χ0) is 23.9. The van der Waals surface area contributed by atoms with Crippen molar-refractivity contribution in [2.45, 2.75) is 97.8 Å². The van der Waals surface area contributed by atoms with Crippen LogP contribution in [0.1, 0.15) is 91.9 Å². The highest BCUT2D eigenvalue weighted by Crippen LogP contribution is 2.67. The van der Waals surface area contributed by atoms with Crippen molar-refractivity contribution < 1.29 is 27.9 Å². The number of hydrogen-bond acceptors (Lipinski definition) is 4. The molecule has 4 fully saturated rings. The first-order valence-corrected chi connectivity index (χ1v) is 12.5. The minimum atomic E-state index is -3.26. The molecule has 4 rings (SSSR count). The normalized spacial score (nSPS) is 42.2. The molecule has 4 saturated carbocycles. The fourth-order valence-electron chi connectivity index (χ4n) is 7.95. The molecule has 7 atom stereocenters. The lowest BCUT2D eigenvalue weighted by molar-refractivity contribution is -0.185. The molecule has 0 aromatic rings. The van der Waals surface area contributed by atoms with Gasteiger partial charge in [0.25, 0.3) is 0 Å². The Bertz CT molecular complexity index is 750. The molecule has 0 heterocycles. The number of alkyl halides is 2. The minimum Gasteiger partial charge on any atom is -0.469 e. The lowest BCUT2D eigenvalue weighted by Crippen LogP contribution is -2.60. The molecular weight excluding hydrogens is 414 g/mol. The predicted molar refractivity (Wildman–Crippen MR) is 118 cm³/mol. The van der Waals surface area contributed by atoms with Crippen LogP contribution >= 0.6 is 0 Å². The molecule has 7 unspecified atom stereocenters. The average Bonchev–Trinajstić information content (AvgIpc) is 3.08. The SMILES string of the molecule is CC.COC(=O)CCCC1CCC2C3C(=O)CC4CC(=O)C(F)(F)CC4(C)C3CCC12C. The van der Waals surface area contributed by atoms with E-state index in [1.807, 2.05) is 20.8 Å². The molecule has 0 aromatic carbocycles. The summed E-state index contributed by atoms with van der Waals surface area (Å²) in [4.78, 5) is 36.7. The van der Waals surface area contributed by atoms with E-state index in [0.29, 0.717) is 12.3 Å². The maximum Gasteiger partial charge on any atom is 0.305 e. The maximum absolute atomic E-state index is 14.4. The Morgan fingerprint density at radius 2 is 1.69 bits per heavy atom. The second-order valence-electron chi connectivity index (χ2n) is 10.9. The molecule has 0 aromatic heterocycles. The summed E-state index contributed by atoms with van der Waals surface area (Å²) in [6, 6.07) is 0. The van der Waals surface area contributed by atoms with E-state index in [1.165, 1.54) is 7.11 Å². The molecule has 4 nitrogen and oxygen atoms in total. The number of methoxy groups -OCH3 is 1. The van der Waals surface area contributed by atoms with Gasteiger partial charge in [-0.1, -0.05) is 27.7 Å². The second kappa shape index (κ2) is 9.13. The quantitative estimate of drug-likeness (QED) is 0.488. The van der Waals surface area contributed by atoms with Crippen LogP contribution in [0.3, 0.4) is 0 Å². The van der Waals surface area contributed by atoms with Gasteiger partial charge in [0.15, 0.2) is 0 Å². The molecule has 6 heteroatoms. The van der Waals surface area contributed by atoms with Crippen molar-refractivity contribution in [2.24, 2.45) is 40.4 Å². The monoisotopic (exact) mass is 454 g/mol. The van der Waals surface area contributed by atoms with Crippen LogP contribution in [-0.2, 0) is 19.1 Å². The lowest BCUT2D eigenvalue weighted by atomic mass is 9.44. The Morgan fingerprint density at radius 3 is 2.34 bits per heavy atom. The molecule has 0 bridgehead atoms. The summed E-state index contributed by atoms with van der Waals surface area (Å²) >= 11 is 0. The molecule has 0 amide bonds.